The van der Waals surface area contributed by atoms with Gasteiger partial charge in [-0.1, -0.05) is 85.5 Å². The SMILES string of the molecule is Cc1ccc(SCC(=O)N(Cc2ccccc2F)[C@@H](Cc2ccccc2)C(=O)NC2CCCCC2)cc1. The van der Waals surface area contributed by atoms with E-state index in [1.165, 1.54) is 24.2 Å². The lowest BCUT2D eigenvalue weighted by Gasteiger charge is -2.33. The molecule has 6 heteroatoms. The van der Waals surface area contributed by atoms with Gasteiger partial charge in [0, 0.05) is 29.5 Å². The maximum Gasteiger partial charge on any atom is 0.243 e. The van der Waals surface area contributed by atoms with Gasteiger partial charge in [0.1, 0.15) is 11.9 Å². The number of nitrogens with zero attached hydrogens (tertiary/aromatic N) is 1. The molecular weight excluding hydrogens is 483 g/mol. The van der Waals surface area contributed by atoms with Crippen LogP contribution < -0.4 is 5.32 Å². The number of hydrogen-bond acceptors (Lipinski definition) is 3. The Balaban J connectivity index is 1.61. The third kappa shape index (κ3) is 7.93. The summed E-state index contributed by atoms with van der Waals surface area (Å²) in [6.07, 6.45) is 5.66. The molecule has 1 aliphatic carbocycles. The minimum Gasteiger partial charge on any atom is -0.352 e. The van der Waals surface area contributed by atoms with E-state index in [2.05, 4.69) is 5.32 Å². The van der Waals surface area contributed by atoms with Gasteiger partial charge in [-0.25, -0.2) is 4.39 Å². The lowest BCUT2D eigenvalue weighted by Crippen LogP contribution is -2.53. The van der Waals surface area contributed by atoms with E-state index in [1.54, 1.807) is 23.1 Å². The number of aryl methyl sites for hydroxylation is 1. The lowest BCUT2D eigenvalue weighted by molar-refractivity contribution is -0.139. The standard InChI is InChI=1S/C31H35FN2O2S/c1-23-16-18-27(19-17-23)37-22-30(35)34(21-25-12-8-9-15-28(25)32)29(20-24-10-4-2-5-11-24)31(36)33-26-13-6-3-7-14-26/h2,4-5,8-12,15-19,26,29H,3,6-7,13-14,20-22H2,1H3,(H,33,36)/t29-/m0/s1. The lowest BCUT2D eigenvalue weighted by atomic mass is 9.94. The monoisotopic (exact) mass is 518 g/mol. The molecule has 4 nitrogen and oxygen atoms in total. The van der Waals surface area contributed by atoms with Crippen LogP contribution in [0.3, 0.4) is 0 Å². The number of nitrogens with one attached hydrogen (secondary N) is 1. The summed E-state index contributed by atoms with van der Waals surface area (Å²) in [5, 5.41) is 3.22. The fourth-order valence-corrected chi connectivity index (χ4v) is 5.56. The molecule has 1 saturated carbocycles. The molecule has 1 N–H and O–H groups in total. The van der Waals surface area contributed by atoms with Gasteiger partial charge in [-0.05, 0) is 43.5 Å². The summed E-state index contributed by atoms with van der Waals surface area (Å²) in [7, 11) is 0. The average Bonchev–Trinajstić information content (AvgIpc) is 2.92. The van der Waals surface area contributed by atoms with Crippen molar-refractivity contribution in [2.75, 3.05) is 5.75 Å². The van der Waals surface area contributed by atoms with Crippen molar-refractivity contribution in [3.63, 3.8) is 0 Å². The molecular formula is C31H35FN2O2S. The number of carbonyl (C=O) groups is 2. The first kappa shape index (κ1) is 26.9. The van der Waals surface area contributed by atoms with Gasteiger partial charge in [0.25, 0.3) is 0 Å². The molecule has 0 saturated heterocycles. The predicted molar refractivity (Wildman–Crippen MR) is 148 cm³/mol. The molecule has 1 fully saturated rings. The molecule has 1 atom stereocenters. The molecule has 1 aliphatic rings. The van der Waals surface area contributed by atoms with Crippen molar-refractivity contribution < 1.29 is 14.0 Å². The fraction of sp³-hybridized carbons (Fsp3) is 0.355. The van der Waals surface area contributed by atoms with Crippen LogP contribution in [0, 0.1) is 12.7 Å². The van der Waals surface area contributed by atoms with Gasteiger partial charge in [0.05, 0.1) is 5.75 Å². The molecule has 0 bridgehead atoms. The smallest absolute Gasteiger partial charge is 0.243 e. The molecule has 0 heterocycles. The molecule has 4 rings (SSSR count). The highest BCUT2D eigenvalue weighted by atomic mass is 32.2. The number of amides is 2. The minimum absolute atomic E-state index is 0.0373. The van der Waals surface area contributed by atoms with E-state index in [-0.39, 0.29) is 36.0 Å². The highest BCUT2D eigenvalue weighted by molar-refractivity contribution is 8.00. The van der Waals surface area contributed by atoms with E-state index in [1.807, 2.05) is 61.5 Å². The van der Waals surface area contributed by atoms with Gasteiger partial charge in [-0.3, -0.25) is 9.59 Å². The maximum atomic E-state index is 14.7. The second kappa shape index (κ2) is 13.4. The van der Waals surface area contributed by atoms with Crippen LogP contribution in [0.5, 0.6) is 0 Å². The van der Waals surface area contributed by atoms with Crippen molar-refractivity contribution in [2.45, 2.75) is 69.0 Å². The number of carbonyl (C=O) groups excluding carboxylic acids is 2. The molecule has 194 valence electrons. The Morgan fingerprint density at radius 1 is 0.946 bits per heavy atom. The molecule has 37 heavy (non-hydrogen) atoms. The zero-order valence-electron chi connectivity index (χ0n) is 21.4. The summed E-state index contributed by atoms with van der Waals surface area (Å²) >= 11 is 1.43. The van der Waals surface area contributed by atoms with Crippen molar-refractivity contribution >= 4 is 23.6 Å². The van der Waals surface area contributed by atoms with Crippen LogP contribution in [-0.2, 0) is 22.6 Å². The highest BCUT2D eigenvalue weighted by Crippen LogP contribution is 2.23. The normalized spacial score (nSPS) is 14.6. The Morgan fingerprint density at radius 3 is 2.32 bits per heavy atom. The Labute approximate surface area is 223 Å². The van der Waals surface area contributed by atoms with E-state index in [4.69, 9.17) is 0 Å². The molecule has 3 aromatic carbocycles. The van der Waals surface area contributed by atoms with Gasteiger partial charge in [-0.2, -0.15) is 0 Å². The van der Waals surface area contributed by atoms with Crippen LogP contribution in [0.25, 0.3) is 0 Å². The van der Waals surface area contributed by atoms with Crippen molar-refractivity contribution in [2.24, 2.45) is 0 Å². The van der Waals surface area contributed by atoms with E-state index in [9.17, 15) is 14.0 Å². The van der Waals surface area contributed by atoms with Crippen LogP contribution in [0.1, 0.15) is 48.8 Å². The number of hydrogen-bond donors (Lipinski definition) is 1. The third-order valence-corrected chi connectivity index (χ3v) is 7.90. The van der Waals surface area contributed by atoms with Crippen LogP contribution >= 0.6 is 11.8 Å². The van der Waals surface area contributed by atoms with Crippen molar-refractivity contribution in [1.29, 1.82) is 0 Å². The third-order valence-electron chi connectivity index (χ3n) is 6.90. The minimum atomic E-state index is -0.741. The molecule has 0 unspecified atom stereocenters. The van der Waals surface area contributed by atoms with Crippen LogP contribution in [0.4, 0.5) is 4.39 Å². The Bertz CT molecular complexity index is 1160. The largest absolute Gasteiger partial charge is 0.352 e. The van der Waals surface area contributed by atoms with Crippen LogP contribution in [-0.4, -0.2) is 34.6 Å². The zero-order valence-corrected chi connectivity index (χ0v) is 22.2. The van der Waals surface area contributed by atoms with Gasteiger partial charge < -0.3 is 10.2 Å². The maximum absolute atomic E-state index is 14.7. The summed E-state index contributed by atoms with van der Waals surface area (Å²) in [6.45, 7) is 2.06. The quantitative estimate of drug-likeness (QED) is 0.320. The predicted octanol–water partition coefficient (Wildman–Crippen LogP) is 6.32. The van der Waals surface area contributed by atoms with Crippen molar-refractivity contribution in [1.82, 2.24) is 10.2 Å². The van der Waals surface area contributed by atoms with E-state index in [0.717, 1.165) is 41.7 Å². The van der Waals surface area contributed by atoms with E-state index in [0.29, 0.717) is 12.0 Å². The summed E-state index contributed by atoms with van der Waals surface area (Å²) in [5.41, 5.74) is 2.52. The Kier molecular flexibility index (Phi) is 9.78. The summed E-state index contributed by atoms with van der Waals surface area (Å²) in [5.74, 6) is -0.563. The molecule has 0 aromatic heterocycles. The number of thioether (sulfide) groups is 1. The Morgan fingerprint density at radius 2 is 1.62 bits per heavy atom. The number of benzene rings is 3. The van der Waals surface area contributed by atoms with Crippen LogP contribution in [0.15, 0.2) is 83.8 Å². The average molecular weight is 519 g/mol. The van der Waals surface area contributed by atoms with E-state index < -0.39 is 6.04 Å². The molecule has 2 amide bonds. The molecule has 0 aliphatic heterocycles. The molecule has 0 spiro atoms. The second-order valence-electron chi connectivity index (χ2n) is 9.76. The second-order valence-corrected chi connectivity index (χ2v) is 10.8. The summed E-state index contributed by atoms with van der Waals surface area (Å²) in [6, 6.07) is 23.6. The van der Waals surface area contributed by atoms with Gasteiger partial charge in [0.2, 0.25) is 11.8 Å². The molecule has 3 aromatic rings. The van der Waals surface area contributed by atoms with Crippen molar-refractivity contribution in [3.05, 3.63) is 101 Å². The first-order valence-corrected chi connectivity index (χ1v) is 14.0. The van der Waals surface area contributed by atoms with Crippen molar-refractivity contribution in [3.8, 4) is 0 Å². The van der Waals surface area contributed by atoms with E-state index >= 15 is 0 Å². The zero-order chi connectivity index (χ0) is 26.0. The van der Waals surface area contributed by atoms with Gasteiger partial charge in [-0.15, -0.1) is 11.8 Å². The van der Waals surface area contributed by atoms with Gasteiger partial charge in [0.15, 0.2) is 0 Å². The topological polar surface area (TPSA) is 49.4 Å². The summed E-state index contributed by atoms with van der Waals surface area (Å²) in [4.78, 5) is 30.0. The first-order valence-electron chi connectivity index (χ1n) is 13.1. The Hall–Kier alpha value is -3.12. The number of rotatable bonds is 10. The molecule has 0 radical (unpaired) electrons. The van der Waals surface area contributed by atoms with Crippen LogP contribution in [0.2, 0.25) is 0 Å². The number of halogens is 1. The first-order chi connectivity index (χ1) is 18.0. The highest BCUT2D eigenvalue weighted by Gasteiger charge is 2.32. The van der Waals surface area contributed by atoms with Gasteiger partial charge >= 0.3 is 0 Å². The summed E-state index contributed by atoms with van der Waals surface area (Å²) < 4.78 is 14.7. The fourth-order valence-electron chi connectivity index (χ4n) is 4.77.